The molecule has 1 heterocycles. The lowest BCUT2D eigenvalue weighted by atomic mass is 9.69. The molecule has 2 aliphatic rings. The maximum atomic E-state index is 8.75. The van der Waals surface area contributed by atoms with Crippen LogP contribution in [0.4, 0.5) is 0 Å². The van der Waals surface area contributed by atoms with E-state index >= 15 is 0 Å². The van der Waals surface area contributed by atoms with Crippen molar-refractivity contribution in [1.29, 1.82) is 5.26 Å². The Kier molecular flexibility index (Phi) is 1.28. The fraction of sp³-hybridized carbons (Fsp3) is 0.364. The smallest absolute Gasteiger partial charge is 0.0991 e. The first-order valence-electron chi connectivity index (χ1n) is 4.65. The molecule has 1 aromatic rings. The minimum absolute atomic E-state index is 0.684. The van der Waals surface area contributed by atoms with Crippen LogP contribution in [0.15, 0.2) is 18.2 Å². The first kappa shape index (κ1) is 7.11. The van der Waals surface area contributed by atoms with Gasteiger partial charge >= 0.3 is 0 Å². The second-order valence-corrected chi connectivity index (χ2v) is 3.83. The Morgan fingerprint density at radius 1 is 1.23 bits per heavy atom. The maximum Gasteiger partial charge on any atom is 0.0991 e. The largest absolute Gasteiger partial charge is 0.315 e. The lowest BCUT2D eigenvalue weighted by Gasteiger charge is -2.33. The summed E-state index contributed by atoms with van der Waals surface area (Å²) in [6.45, 7) is 2.20. The zero-order valence-corrected chi connectivity index (χ0v) is 7.25. The molecule has 3 rings (SSSR count). The molecule has 2 unspecified atom stereocenters. The highest BCUT2D eigenvalue weighted by Crippen LogP contribution is 2.48. The molecule has 0 radical (unpaired) electrons. The maximum absolute atomic E-state index is 8.75. The van der Waals surface area contributed by atoms with Crippen LogP contribution >= 0.6 is 0 Å². The number of benzene rings is 1. The summed E-state index contributed by atoms with van der Waals surface area (Å²) >= 11 is 0. The van der Waals surface area contributed by atoms with Gasteiger partial charge in [0.1, 0.15) is 0 Å². The van der Waals surface area contributed by atoms with Crippen LogP contribution in [0, 0.1) is 11.3 Å². The van der Waals surface area contributed by atoms with Gasteiger partial charge in [-0.3, -0.25) is 0 Å². The Morgan fingerprint density at radius 2 is 2.00 bits per heavy atom. The Bertz CT molecular complexity index is 403. The van der Waals surface area contributed by atoms with Gasteiger partial charge in [0, 0.05) is 24.9 Å². The lowest BCUT2D eigenvalue weighted by molar-refractivity contribution is 0.579. The van der Waals surface area contributed by atoms with Crippen LogP contribution in [0.5, 0.6) is 0 Å². The number of hydrogen-bond donors (Lipinski definition) is 1. The highest BCUT2D eigenvalue weighted by molar-refractivity contribution is 5.51. The molecule has 2 atom stereocenters. The number of fused-ring (bicyclic) bond motifs is 4. The van der Waals surface area contributed by atoms with Gasteiger partial charge in [0.25, 0.3) is 0 Å². The quantitative estimate of drug-likeness (QED) is 0.637. The molecular formula is C11H10N2. The molecule has 0 saturated carbocycles. The second kappa shape index (κ2) is 2.34. The van der Waals surface area contributed by atoms with E-state index in [2.05, 4.69) is 17.5 Å². The van der Waals surface area contributed by atoms with Crippen LogP contribution < -0.4 is 5.32 Å². The Hall–Kier alpha value is -1.33. The second-order valence-electron chi connectivity index (χ2n) is 3.83. The lowest BCUT2D eigenvalue weighted by Crippen LogP contribution is -2.22. The average molecular weight is 170 g/mol. The van der Waals surface area contributed by atoms with Crippen LogP contribution in [-0.4, -0.2) is 13.1 Å². The van der Waals surface area contributed by atoms with Gasteiger partial charge in [-0.25, -0.2) is 0 Å². The van der Waals surface area contributed by atoms with Gasteiger partial charge in [0.15, 0.2) is 0 Å². The molecule has 1 aliphatic heterocycles. The van der Waals surface area contributed by atoms with Gasteiger partial charge < -0.3 is 5.32 Å². The SMILES string of the molecule is N#Cc1ccc2c(c1)C1CNCC21. The highest BCUT2D eigenvalue weighted by Gasteiger charge is 2.40. The number of nitrogens with one attached hydrogen (secondary N) is 1. The van der Waals surface area contributed by atoms with Crippen LogP contribution in [0.1, 0.15) is 28.5 Å². The monoisotopic (exact) mass is 170 g/mol. The molecule has 13 heavy (non-hydrogen) atoms. The van der Waals surface area contributed by atoms with E-state index < -0.39 is 0 Å². The first-order valence-corrected chi connectivity index (χ1v) is 4.65. The number of nitrogens with zero attached hydrogens (tertiary/aromatic N) is 1. The van der Waals surface area contributed by atoms with Crippen molar-refractivity contribution in [1.82, 2.24) is 5.32 Å². The normalized spacial score (nSPS) is 28.5. The summed E-state index contributed by atoms with van der Waals surface area (Å²) in [6, 6.07) is 8.27. The van der Waals surface area contributed by atoms with E-state index in [4.69, 9.17) is 5.26 Å². The molecule has 1 aromatic carbocycles. The van der Waals surface area contributed by atoms with Crippen molar-refractivity contribution in [3.8, 4) is 6.07 Å². The van der Waals surface area contributed by atoms with Crippen molar-refractivity contribution in [3.05, 3.63) is 34.9 Å². The summed E-state index contributed by atoms with van der Waals surface area (Å²) in [4.78, 5) is 0. The van der Waals surface area contributed by atoms with Crippen LogP contribution in [0.25, 0.3) is 0 Å². The molecule has 0 spiro atoms. The molecule has 64 valence electrons. The van der Waals surface area contributed by atoms with E-state index in [0.29, 0.717) is 5.92 Å². The van der Waals surface area contributed by atoms with Gasteiger partial charge in [-0.2, -0.15) is 5.26 Å². The minimum Gasteiger partial charge on any atom is -0.315 e. The van der Waals surface area contributed by atoms with E-state index in [9.17, 15) is 0 Å². The summed E-state index contributed by atoms with van der Waals surface area (Å²) < 4.78 is 0. The molecule has 0 bridgehead atoms. The molecule has 1 saturated heterocycles. The Labute approximate surface area is 77.2 Å². The third kappa shape index (κ3) is 0.800. The minimum atomic E-state index is 0.684. The molecule has 1 aliphatic carbocycles. The van der Waals surface area contributed by atoms with Crippen molar-refractivity contribution in [2.75, 3.05) is 13.1 Å². The topological polar surface area (TPSA) is 35.8 Å². The third-order valence-electron chi connectivity index (χ3n) is 3.23. The molecular weight excluding hydrogens is 160 g/mol. The molecule has 2 nitrogen and oxygen atoms in total. The van der Waals surface area contributed by atoms with Crippen LogP contribution in [0.2, 0.25) is 0 Å². The van der Waals surface area contributed by atoms with Gasteiger partial charge in [-0.05, 0) is 23.3 Å². The van der Waals surface area contributed by atoms with Gasteiger partial charge in [-0.15, -0.1) is 0 Å². The van der Waals surface area contributed by atoms with E-state index in [1.54, 1.807) is 0 Å². The summed E-state index contributed by atoms with van der Waals surface area (Å²) in [5.74, 6) is 1.41. The van der Waals surface area contributed by atoms with Crippen molar-refractivity contribution < 1.29 is 0 Å². The molecule has 1 N–H and O–H groups in total. The molecule has 2 heteroatoms. The van der Waals surface area contributed by atoms with Crippen molar-refractivity contribution in [2.24, 2.45) is 0 Å². The van der Waals surface area contributed by atoms with Gasteiger partial charge in [0.2, 0.25) is 0 Å². The van der Waals surface area contributed by atoms with E-state index in [-0.39, 0.29) is 0 Å². The van der Waals surface area contributed by atoms with E-state index in [1.807, 2.05) is 12.1 Å². The average Bonchev–Trinajstić information content (AvgIpc) is 2.57. The summed E-state index contributed by atoms with van der Waals surface area (Å²) in [5, 5.41) is 12.1. The predicted molar refractivity (Wildman–Crippen MR) is 49.5 cm³/mol. The highest BCUT2D eigenvalue weighted by atomic mass is 14.9. The molecule has 0 amide bonds. The Balaban J connectivity index is 2.10. The number of nitriles is 1. The van der Waals surface area contributed by atoms with Crippen LogP contribution in [0.3, 0.4) is 0 Å². The zero-order valence-electron chi connectivity index (χ0n) is 7.25. The fourth-order valence-corrected chi connectivity index (χ4v) is 2.54. The Morgan fingerprint density at radius 3 is 2.77 bits per heavy atom. The van der Waals surface area contributed by atoms with Gasteiger partial charge in [0.05, 0.1) is 11.6 Å². The number of hydrogen-bond acceptors (Lipinski definition) is 2. The summed E-state index contributed by atoms with van der Waals surface area (Å²) in [6.07, 6.45) is 0. The van der Waals surface area contributed by atoms with E-state index in [1.165, 1.54) is 11.1 Å². The molecule has 0 aromatic heterocycles. The summed E-state index contributed by atoms with van der Waals surface area (Å²) in [7, 11) is 0. The molecule has 1 fully saturated rings. The first-order chi connectivity index (χ1) is 6.40. The van der Waals surface area contributed by atoms with Gasteiger partial charge in [-0.1, -0.05) is 6.07 Å². The standard InChI is InChI=1S/C11H10N2/c12-4-7-1-2-8-9(3-7)11-6-13-5-10(8)11/h1-3,10-11,13H,5-6H2. The predicted octanol–water partition coefficient (Wildman–Crippen LogP) is 1.34. The summed E-state index contributed by atoms with van der Waals surface area (Å²) in [5.41, 5.74) is 3.65. The fourth-order valence-electron chi connectivity index (χ4n) is 2.54. The van der Waals surface area contributed by atoms with Crippen molar-refractivity contribution in [2.45, 2.75) is 11.8 Å². The third-order valence-corrected chi connectivity index (χ3v) is 3.23. The van der Waals surface area contributed by atoms with Crippen molar-refractivity contribution >= 4 is 0 Å². The zero-order chi connectivity index (χ0) is 8.84. The van der Waals surface area contributed by atoms with Crippen molar-refractivity contribution in [3.63, 3.8) is 0 Å². The van der Waals surface area contributed by atoms with Crippen LogP contribution in [-0.2, 0) is 0 Å². The van der Waals surface area contributed by atoms with E-state index in [0.717, 1.165) is 24.6 Å². The number of rotatable bonds is 0.